The maximum absolute atomic E-state index is 13.5. The maximum atomic E-state index is 13.5. The molecular formula is C19H13Cl2F3NO5-. The van der Waals surface area contributed by atoms with Gasteiger partial charge in [-0.2, -0.15) is 13.2 Å². The maximum Gasteiger partial charge on any atom is 0.453 e. The summed E-state index contributed by atoms with van der Waals surface area (Å²) >= 11 is 5.74. The third-order valence-electron chi connectivity index (χ3n) is 3.70. The van der Waals surface area contributed by atoms with Gasteiger partial charge in [-0.15, -0.1) is 0 Å². The lowest BCUT2D eigenvalue weighted by Gasteiger charge is -2.14. The molecule has 6 nitrogen and oxygen atoms in total. The monoisotopic (exact) mass is 462 g/mol. The number of fused-ring (bicyclic) bond motifs is 1. The van der Waals surface area contributed by atoms with Gasteiger partial charge in [0.05, 0.1) is 5.39 Å². The number of ether oxygens (including phenoxy) is 2. The van der Waals surface area contributed by atoms with E-state index in [1.807, 2.05) is 0 Å². The van der Waals surface area contributed by atoms with Crippen LogP contribution in [-0.2, 0) is 11.0 Å². The molecule has 1 aromatic heterocycles. The summed E-state index contributed by atoms with van der Waals surface area (Å²) in [5, 5.41) is 0.148. The smallest absolute Gasteiger partial charge is 0.453 e. The van der Waals surface area contributed by atoms with Crippen LogP contribution in [0.15, 0.2) is 51.7 Å². The summed E-state index contributed by atoms with van der Waals surface area (Å²) in [6, 6.07) is 7.86. The van der Waals surface area contributed by atoms with Gasteiger partial charge in [-0.05, 0) is 43.3 Å². The molecule has 0 saturated carbocycles. The second-order valence-corrected chi connectivity index (χ2v) is 6.45. The van der Waals surface area contributed by atoms with Crippen LogP contribution < -0.4 is 33.0 Å². The number of hydrogen-bond acceptors (Lipinski definition) is 6. The summed E-state index contributed by atoms with van der Waals surface area (Å²) in [6.07, 6.45) is -5.02. The molecule has 3 aromatic rings. The lowest BCUT2D eigenvalue weighted by Crippen LogP contribution is -3.00. The van der Waals surface area contributed by atoms with E-state index in [2.05, 4.69) is 0 Å². The van der Waals surface area contributed by atoms with E-state index < -0.39 is 40.7 Å². The molecule has 2 N–H and O–H groups in total. The lowest BCUT2D eigenvalue weighted by molar-refractivity contribution is -0.154. The average molecular weight is 463 g/mol. The predicted octanol–water partition coefficient (Wildman–Crippen LogP) is 1.51. The van der Waals surface area contributed by atoms with Gasteiger partial charge in [0.1, 0.15) is 23.1 Å². The number of alkyl halides is 3. The van der Waals surface area contributed by atoms with Gasteiger partial charge in [0.25, 0.3) is 5.76 Å². The second kappa shape index (κ2) is 8.95. The summed E-state index contributed by atoms with van der Waals surface area (Å²) in [6.45, 7) is 1.38. The molecule has 11 heteroatoms. The Morgan fingerprint density at radius 2 is 1.73 bits per heavy atom. The highest BCUT2D eigenvalue weighted by molar-refractivity contribution is 6.30. The highest BCUT2D eigenvalue weighted by Crippen LogP contribution is 2.38. The normalized spacial score (nSPS) is 12.2. The molecule has 0 aliphatic heterocycles. The van der Waals surface area contributed by atoms with Crippen LogP contribution in [0, 0.1) is 0 Å². The Kier molecular flexibility index (Phi) is 7.02. The first-order valence-electron chi connectivity index (χ1n) is 8.15. The van der Waals surface area contributed by atoms with Crippen molar-refractivity contribution in [1.29, 1.82) is 0 Å². The first kappa shape index (κ1) is 23.5. The van der Waals surface area contributed by atoms with E-state index in [1.165, 1.54) is 43.3 Å². The Hall–Kier alpha value is -2.75. The summed E-state index contributed by atoms with van der Waals surface area (Å²) in [4.78, 5) is 24.2. The average Bonchev–Trinajstić information content (AvgIpc) is 2.64. The van der Waals surface area contributed by atoms with Gasteiger partial charge in [-0.3, -0.25) is 4.79 Å². The molecule has 0 amide bonds. The van der Waals surface area contributed by atoms with Crippen molar-refractivity contribution in [1.82, 2.24) is 0 Å². The Morgan fingerprint density at radius 1 is 1.13 bits per heavy atom. The third kappa shape index (κ3) is 5.05. The van der Waals surface area contributed by atoms with Crippen molar-refractivity contribution in [3.05, 3.63) is 63.5 Å². The van der Waals surface area contributed by atoms with Gasteiger partial charge in [0.15, 0.2) is 0 Å². The molecule has 0 aliphatic rings. The van der Waals surface area contributed by atoms with Crippen molar-refractivity contribution in [2.45, 2.75) is 19.1 Å². The molecule has 0 saturated heterocycles. The minimum Gasteiger partial charge on any atom is -1.00 e. The fourth-order valence-electron chi connectivity index (χ4n) is 2.33. The van der Waals surface area contributed by atoms with Crippen molar-refractivity contribution in [2.24, 2.45) is 5.73 Å². The number of halogens is 5. The van der Waals surface area contributed by atoms with Crippen molar-refractivity contribution in [2.75, 3.05) is 0 Å². The molecule has 3 rings (SSSR count). The first-order chi connectivity index (χ1) is 13.6. The standard InChI is InChI=1S/C19H13ClF3NO5.ClH/c1-9(24)18(26)28-12-6-7-13-14(8-12)29-17(19(21,22)23)16(15(13)25)27-11-4-2-10(20)3-5-11;/h2-9H,24H2,1H3;1H/p-1. The van der Waals surface area contributed by atoms with Crippen LogP contribution >= 0.6 is 11.6 Å². The van der Waals surface area contributed by atoms with Crippen LogP contribution in [-0.4, -0.2) is 12.0 Å². The molecule has 160 valence electrons. The summed E-state index contributed by atoms with van der Waals surface area (Å²) in [5.41, 5.74) is 3.91. The van der Waals surface area contributed by atoms with Gasteiger partial charge in [-0.25, -0.2) is 4.79 Å². The molecule has 30 heavy (non-hydrogen) atoms. The molecule has 0 radical (unpaired) electrons. The lowest BCUT2D eigenvalue weighted by atomic mass is 10.2. The van der Waals surface area contributed by atoms with Crippen LogP contribution in [0.3, 0.4) is 0 Å². The zero-order valence-corrected chi connectivity index (χ0v) is 16.6. The van der Waals surface area contributed by atoms with E-state index in [1.54, 1.807) is 0 Å². The number of benzene rings is 2. The number of rotatable bonds is 4. The van der Waals surface area contributed by atoms with Crippen LogP contribution in [0.2, 0.25) is 5.02 Å². The van der Waals surface area contributed by atoms with E-state index in [0.29, 0.717) is 5.02 Å². The van der Waals surface area contributed by atoms with Gasteiger partial charge in [0.2, 0.25) is 11.2 Å². The van der Waals surface area contributed by atoms with E-state index in [0.717, 1.165) is 6.07 Å². The molecule has 0 bridgehead atoms. The molecule has 1 unspecified atom stereocenters. The molecular weight excluding hydrogens is 450 g/mol. The predicted molar refractivity (Wildman–Crippen MR) is 98.3 cm³/mol. The van der Waals surface area contributed by atoms with Crippen LogP contribution in [0.5, 0.6) is 17.2 Å². The highest BCUT2D eigenvalue weighted by atomic mass is 35.5. The van der Waals surface area contributed by atoms with E-state index >= 15 is 0 Å². The van der Waals surface area contributed by atoms with Gasteiger partial charge in [0, 0.05) is 11.1 Å². The minimum absolute atomic E-state index is 0. The summed E-state index contributed by atoms with van der Waals surface area (Å²) in [5.74, 6) is -3.60. The van der Waals surface area contributed by atoms with Gasteiger partial charge in [-0.1, -0.05) is 11.6 Å². The fourth-order valence-corrected chi connectivity index (χ4v) is 2.45. The van der Waals surface area contributed by atoms with Crippen LogP contribution in [0.4, 0.5) is 13.2 Å². The highest BCUT2D eigenvalue weighted by Gasteiger charge is 2.40. The second-order valence-electron chi connectivity index (χ2n) is 6.01. The number of esters is 1. The quantitative estimate of drug-likeness (QED) is 0.466. The first-order valence-corrected chi connectivity index (χ1v) is 8.53. The van der Waals surface area contributed by atoms with Crippen molar-refractivity contribution in [3.8, 4) is 17.2 Å². The van der Waals surface area contributed by atoms with Crippen LogP contribution in [0.1, 0.15) is 12.7 Å². The summed E-state index contributed by atoms with van der Waals surface area (Å²) < 4.78 is 55.5. The third-order valence-corrected chi connectivity index (χ3v) is 3.96. The molecule has 0 fully saturated rings. The Morgan fingerprint density at radius 3 is 2.30 bits per heavy atom. The summed E-state index contributed by atoms with van der Waals surface area (Å²) in [7, 11) is 0. The van der Waals surface area contributed by atoms with Crippen LogP contribution in [0.25, 0.3) is 11.0 Å². The largest absolute Gasteiger partial charge is 1.00 e. The molecule has 2 aromatic carbocycles. The van der Waals surface area contributed by atoms with E-state index in [-0.39, 0.29) is 29.3 Å². The molecule has 1 atom stereocenters. The Labute approximate surface area is 178 Å². The Bertz CT molecular complexity index is 1130. The topological polar surface area (TPSA) is 91.8 Å². The minimum atomic E-state index is -5.02. The Balaban J connectivity index is 0.00000320. The zero-order valence-electron chi connectivity index (χ0n) is 15.1. The van der Waals surface area contributed by atoms with Crippen molar-refractivity contribution in [3.63, 3.8) is 0 Å². The van der Waals surface area contributed by atoms with E-state index in [9.17, 15) is 22.8 Å². The van der Waals surface area contributed by atoms with E-state index in [4.69, 9.17) is 31.2 Å². The zero-order chi connectivity index (χ0) is 21.3. The fraction of sp³-hybridized carbons (Fsp3) is 0.158. The number of carbonyl (C=O) groups excluding carboxylic acids is 1. The van der Waals surface area contributed by atoms with Crippen molar-refractivity contribution < 1.29 is 44.3 Å². The SMILES string of the molecule is CC(N)C(=O)Oc1ccc2c(=O)c(Oc3ccc(Cl)cc3)c(C(F)(F)F)oc2c1.[Cl-]. The van der Waals surface area contributed by atoms with Gasteiger partial charge < -0.3 is 32.0 Å². The molecule has 0 aliphatic carbocycles. The van der Waals surface area contributed by atoms with Gasteiger partial charge >= 0.3 is 12.1 Å². The molecule has 1 heterocycles. The van der Waals surface area contributed by atoms with Crippen molar-refractivity contribution >= 4 is 28.5 Å². The number of hydrogen-bond donors (Lipinski definition) is 1. The molecule has 0 spiro atoms. The number of nitrogens with two attached hydrogens (primary N) is 1. The number of carbonyl (C=O) groups is 1.